The Morgan fingerprint density at radius 2 is 2.21 bits per heavy atom. The summed E-state index contributed by atoms with van der Waals surface area (Å²) in [5.74, 6) is 0. The van der Waals surface area contributed by atoms with Crippen LogP contribution in [0.15, 0.2) is 17.5 Å². The minimum atomic E-state index is 0.133. The van der Waals surface area contributed by atoms with Crippen LogP contribution in [0.2, 0.25) is 0 Å². The van der Waals surface area contributed by atoms with Crippen molar-refractivity contribution in [1.29, 1.82) is 0 Å². The van der Waals surface area contributed by atoms with Crippen LogP contribution in [0.25, 0.3) is 0 Å². The highest BCUT2D eigenvalue weighted by atomic mass is 32.1. The van der Waals surface area contributed by atoms with Gasteiger partial charge < -0.3 is 5.73 Å². The number of thiophene rings is 1. The van der Waals surface area contributed by atoms with Gasteiger partial charge in [0.15, 0.2) is 0 Å². The van der Waals surface area contributed by atoms with Crippen LogP contribution in [0, 0.1) is 0 Å². The molecule has 1 aliphatic rings. The van der Waals surface area contributed by atoms with Crippen LogP contribution < -0.4 is 5.73 Å². The molecule has 2 unspecified atom stereocenters. The third kappa shape index (κ3) is 2.87. The smallest absolute Gasteiger partial charge is 0.0473 e. The Balaban J connectivity index is 2.13. The number of nitrogens with two attached hydrogens (primary N) is 1. The third-order valence-electron chi connectivity index (χ3n) is 4.76. The van der Waals surface area contributed by atoms with Crippen LogP contribution in [0.4, 0.5) is 0 Å². The van der Waals surface area contributed by atoms with Gasteiger partial charge in [0.05, 0.1) is 0 Å². The van der Waals surface area contributed by atoms with Gasteiger partial charge in [-0.1, -0.05) is 6.07 Å². The number of hydrogen-bond acceptors (Lipinski definition) is 4. The zero-order chi connectivity index (χ0) is 14.0. The van der Waals surface area contributed by atoms with E-state index in [-0.39, 0.29) is 5.54 Å². The van der Waals surface area contributed by atoms with Gasteiger partial charge in [0.1, 0.15) is 0 Å². The van der Waals surface area contributed by atoms with E-state index in [1.54, 1.807) is 0 Å². The minimum Gasteiger partial charge on any atom is -0.329 e. The molecule has 3 nitrogen and oxygen atoms in total. The number of rotatable bonds is 5. The van der Waals surface area contributed by atoms with Crippen LogP contribution >= 0.6 is 11.3 Å². The topological polar surface area (TPSA) is 32.5 Å². The van der Waals surface area contributed by atoms with E-state index in [0.717, 1.165) is 19.6 Å². The van der Waals surface area contributed by atoms with Crippen molar-refractivity contribution >= 4 is 11.3 Å². The van der Waals surface area contributed by atoms with Crippen molar-refractivity contribution in [2.24, 2.45) is 5.73 Å². The molecule has 0 amide bonds. The highest BCUT2D eigenvalue weighted by Crippen LogP contribution is 2.35. The molecular weight excluding hydrogens is 254 g/mol. The van der Waals surface area contributed by atoms with Crippen molar-refractivity contribution in [3.63, 3.8) is 0 Å². The number of nitrogens with zero attached hydrogens (tertiary/aromatic N) is 2. The lowest BCUT2D eigenvalue weighted by Crippen LogP contribution is -2.55. The Hall–Kier alpha value is -0.420. The van der Waals surface area contributed by atoms with Gasteiger partial charge in [-0.2, -0.15) is 0 Å². The first kappa shape index (κ1) is 15.0. The fourth-order valence-electron chi connectivity index (χ4n) is 3.06. The lowest BCUT2D eigenvalue weighted by atomic mass is 9.94. The zero-order valence-electron chi connectivity index (χ0n) is 12.6. The molecule has 1 aliphatic heterocycles. The van der Waals surface area contributed by atoms with Crippen LogP contribution in [-0.2, 0) is 0 Å². The molecule has 2 heterocycles. The normalized spacial score (nSPS) is 26.5. The Kier molecular flexibility index (Phi) is 4.66. The van der Waals surface area contributed by atoms with Crippen molar-refractivity contribution in [1.82, 2.24) is 9.80 Å². The molecule has 2 N–H and O–H groups in total. The van der Waals surface area contributed by atoms with Gasteiger partial charge in [-0.15, -0.1) is 11.3 Å². The van der Waals surface area contributed by atoms with Crippen LogP contribution in [0.3, 0.4) is 0 Å². The molecule has 1 saturated heterocycles. The van der Waals surface area contributed by atoms with Crippen molar-refractivity contribution in [2.45, 2.75) is 44.8 Å². The Morgan fingerprint density at radius 1 is 1.47 bits per heavy atom. The SMILES string of the molecule is CC(C)N1CCC(CN)(N(C)C(C)c2cccs2)C1. The maximum Gasteiger partial charge on any atom is 0.0473 e. The molecule has 2 rings (SSSR count). The molecule has 1 aromatic heterocycles. The predicted molar refractivity (Wildman–Crippen MR) is 83.6 cm³/mol. The van der Waals surface area contributed by atoms with E-state index in [0.29, 0.717) is 12.1 Å². The largest absolute Gasteiger partial charge is 0.329 e. The van der Waals surface area contributed by atoms with Crippen LogP contribution in [-0.4, -0.2) is 48.1 Å². The lowest BCUT2D eigenvalue weighted by molar-refractivity contribution is 0.0867. The van der Waals surface area contributed by atoms with Crippen molar-refractivity contribution in [3.05, 3.63) is 22.4 Å². The van der Waals surface area contributed by atoms with Gasteiger partial charge in [0.2, 0.25) is 0 Å². The van der Waals surface area contributed by atoms with E-state index >= 15 is 0 Å². The molecule has 0 aliphatic carbocycles. The second-order valence-corrected chi connectivity index (χ2v) is 7.02. The molecule has 2 atom stereocenters. The summed E-state index contributed by atoms with van der Waals surface area (Å²) >= 11 is 1.84. The predicted octanol–water partition coefficient (Wildman–Crippen LogP) is 2.55. The number of likely N-dealkylation sites (tertiary alicyclic amines) is 1. The fourth-order valence-corrected chi connectivity index (χ4v) is 3.88. The van der Waals surface area contributed by atoms with Gasteiger partial charge in [-0.3, -0.25) is 9.80 Å². The second kappa shape index (κ2) is 5.92. The summed E-state index contributed by atoms with van der Waals surface area (Å²) in [5.41, 5.74) is 6.29. The average molecular weight is 281 g/mol. The second-order valence-electron chi connectivity index (χ2n) is 6.04. The molecular formula is C15H27N3S. The minimum absolute atomic E-state index is 0.133. The summed E-state index contributed by atoms with van der Waals surface area (Å²) in [6.07, 6.45) is 1.17. The molecule has 0 aromatic carbocycles. The van der Waals surface area contributed by atoms with Gasteiger partial charge in [-0.25, -0.2) is 0 Å². The Bertz CT molecular complexity index is 390. The first-order valence-corrected chi connectivity index (χ1v) is 8.08. The summed E-state index contributed by atoms with van der Waals surface area (Å²) in [6.45, 7) is 9.83. The summed E-state index contributed by atoms with van der Waals surface area (Å²) in [7, 11) is 2.24. The molecule has 0 radical (unpaired) electrons. The average Bonchev–Trinajstić information content (AvgIpc) is 3.06. The highest BCUT2D eigenvalue weighted by Gasteiger charge is 2.42. The summed E-state index contributed by atoms with van der Waals surface area (Å²) in [4.78, 5) is 6.48. The highest BCUT2D eigenvalue weighted by molar-refractivity contribution is 7.10. The van der Waals surface area contributed by atoms with E-state index < -0.39 is 0 Å². The van der Waals surface area contributed by atoms with E-state index in [4.69, 9.17) is 5.73 Å². The van der Waals surface area contributed by atoms with Crippen molar-refractivity contribution in [3.8, 4) is 0 Å². The molecule has 0 saturated carbocycles. The van der Waals surface area contributed by atoms with Gasteiger partial charge in [0, 0.05) is 42.1 Å². The molecule has 0 bridgehead atoms. The summed E-state index contributed by atoms with van der Waals surface area (Å²) in [6, 6.07) is 5.41. The molecule has 19 heavy (non-hydrogen) atoms. The molecule has 4 heteroatoms. The monoisotopic (exact) mass is 281 g/mol. The molecule has 1 fully saturated rings. The van der Waals surface area contributed by atoms with E-state index in [2.05, 4.69) is 55.1 Å². The van der Waals surface area contributed by atoms with Gasteiger partial charge in [-0.05, 0) is 45.7 Å². The Morgan fingerprint density at radius 3 is 2.68 bits per heavy atom. The maximum absolute atomic E-state index is 6.16. The third-order valence-corrected chi connectivity index (χ3v) is 5.80. The summed E-state index contributed by atoms with van der Waals surface area (Å²) < 4.78 is 0. The molecule has 1 aromatic rings. The number of hydrogen-bond donors (Lipinski definition) is 1. The maximum atomic E-state index is 6.16. The standard InChI is InChI=1S/C15H27N3S/c1-12(2)18-8-7-15(10-16,11-18)17(4)13(3)14-6-5-9-19-14/h5-6,9,12-13H,7-8,10-11,16H2,1-4H3. The van der Waals surface area contributed by atoms with E-state index in [1.807, 2.05) is 11.3 Å². The lowest BCUT2D eigenvalue weighted by Gasteiger charge is -2.42. The van der Waals surface area contributed by atoms with Crippen molar-refractivity contribution < 1.29 is 0 Å². The van der Waals surface area contributed by atoms with Crippen LogP contribution in [0.1, 0.15) is 38.1 Å². The zero-order valence-corrected chi connectivity index (χ0v) is 13.4. The van der Waals surface area contributed by atoms with Gasteiger partial charge in [0.25, 0.3) is 0 Å². The van der Waals surface area contributed by atoms with E-state index in [9.17, 15) is 0 Å². The van der Waals surface area contributed by atoms with Crippen LogP contribution in [0.5, 0.6) is 0 Å². The Labute approximate surface area is 121 Å². The van der Waals surface area contributed by atoms with E-state index in [1.165, 1.54) is 11.3 Å². The molecule has 108 valence electrons. The quantitative estimate of drug-likeness (QED) is 0.900. The molecule has 0 spiro atoms. The first-order chi connectivity index (χ1) is 9.00. The summed E-state index contributed by atoms with van der Waals surface area (Å²) in [5, 5.41) is 2.16. The fraction of sp³-hybridized carbons (Fsp3) is 0.733. The number of likely N-dealkylation sites (N-methyl/N-ethyl adjacent to an activating group) is 1. The van der Waals surface area contributed by atoms with Gasteiger partial charge >= 0.3 is 0 Å². The first-order valence-electron chi connectivity index (χ1n) is 7.20. The van der Waals surface area contributed by atoms with Crippen molar-refractivity contribution in [2.75, 3.05) is 26.7 Å².